The summed E-state index contributed by atoms with van der Waals surface area (Å²) in [5.41, 5.74) is 3.02. The van der Waals surface area contributed by atoms with E-state index in [1.54, 1.807) is 14.2 Å². The number of aliphatic hydroxyl groups excluding tert-OH is 2. The van der Waals surface area contributed by atoms with Crippen LogP contribution in [0, 0.1) is 0 Å². The predicted octanol–water partition coefficient (Wildman–Crippen LogP) is 9.66. The fourth-order valence-electron chi connectivity index (χ4n) is 7.62. The summed E-state index contributed by atoms with van der Waals surface area (Å²) < 4.78 is 11.6. The van der Waals surface area contributed by atoms with E-state index in [0.717, 1.165) is 60.1 Å². The van der Waals surface area contributed by atoms with Gasteiger partial charge in [-0.2, -0.15) is 0 Å². The van der Waals surface area contributed by atoms with Crippen LogP contribution in [0.2, 0.25) is 0 Å². The van der Waals surface area contributed by atoms with Crippen molar-refractivity contribution in [3.8, 4) is 11.5 Å². The van der Waals surface area contributed by atoms with Gasteiger partial charge in [0.15, 0.2) is 0 Å². The molecule has 9 aromatic carbocycles. The minimum Gasteiger partial charge on any atom is -0.496 e. The molecule has 0 saturated heterocycles. The molecule has 0 heterocycles. The molecule has 0 bridgehead atoms. The maximum Gasteiger partial charge on any atom is 0.132 e. The van der Waals surface area contributed by atoms with E-state index in [1.807, 2.05) is 36.4 Å². The Kier molecular flexibility index (Phi) is 5.88. The van der Waals surface area contributed by atoms with E-state index in [1.165, 1.54) is 26.9 Å². The average Bonchev–Trinajstić information content (AvgIpc) is 3.11. The van der Waals surface area contributed by atoms with Crippen molar-refractivity contribution in [1.29, 1.82) is 0 Å². The Morgan fingerprint density at radius 2 is 0.935 bits per heavy atom. The van der Waals surface area contributed by atoms with Crippen LogP contribution < -0.4 is 9.47 Å². The second-order valence-electron chi connectivity index (χ2n) is 12.2. The van der Waals surface area contributed by atoms with Crippen molar-refractivity contribution in [2.45, 2.75) is 12.2 Å². The summed E-state index contributed by atoms with van der Waals surface area (Å²) in [4.78, 5) is 0. The van der Waals surface area contributed by atoms with Crippen molar-refractivity contribution in [2.75, 3.05) is 14.2 Å². The number of hydrogen-bond donors (Lipinski definition) is 2. The molecule has 0 aromatic heterocycles. The van der Waals surface area contributed by atoms with Crippen LogP contribution in [0.1, 0.15) is 34.5 Å². The number of methoxy groups -OCH3 is 2. The number of aliphatic hydroxyl groups is 2. The first-order valence-electron chi connectivity index (χ1n) is 15.5. The normalized spacial score (nSPS) is 13.5. The van der Waals surface area contributed by atoms with Crippen LogP contribution in [-0.2, 0) is 0 Å². The third kappa shape index (κ3) is 3.81. The van der Waals surface area contributed by atoms with Crippen molar-refractivity contribution in [1.82, 2.24) is 0 Å². The van der Waals surface area contributed by atoms with E-state index < -0.39 is 12.2 Å². The summed E-state index contributed by atoms with van der Waals surface area (Å²) in [6, 6.07) is 41.1. The van der Waals surface area contributed by atoms with Crippen molar-refractivity contribution in [3.63, 3.8) is 0 Å². The molecular weight excluding hydrogens is 568 g/mol. The van der Waals surface area contributed by atoms with Gasteiger partial charge in [-0.1, -0.05) is 84.9 Å². The molecule has 222 valence electrons. The maximum atomic E-state index is 11.7. The van der Waals surface area contributed by atoms with E-state index >= 15 is 0 Å². The highest BCUT2D eigenvalue weighted by molar-refractivity contribution is 6.25. The number of rotatable bonds is 6. The molecule has 4 heteroatoms. The first-order chi connectivity index (χ1) is 22.5. The quantitative estimate of drug-likeness (QED) is 0.187. The zero-order chi connectivity index (χ0) is 31.1. The summed E-state index contributed by atoms with van der Waals surface area (Å²) in [5, 5.41) is 36.8. The lowest BCUT2D eigenvalue weighted by atomic mass is 9.89. The van der Waals surface area contributed by atoms with Gasteiger partial charge in [0.2, 0.25) is 0 Å². The Morgan fingerprint density at radius 3 is 1.61 bits per heavy atom. The van der Waals surface area contributed by atoms with Crippen LogP contribution in [0.4, 0.5) is 0 Å². The minimum atomic E-state index is -0.905. The minimum absolute atomic E-state index is 0.675. The van der Waals surface area contributed by atoms with Gasteiger partial charge in [0.1, 0.15) is 23.7 Å². The van der Waals surface area contributed by atoms with Gasteiger partial charge in [-0.25, -0.2) is 0 Å². The Morgan fingerprint density at radius 1 is 0.435 bits per heavy atom. The van der Waals surface area contributed by atoms with E-state index in [4.69, 9.17) is 9.47 Å². The zero-order valence-corrected chi connectivity index (χ0v) is 25.4. The summed E-state index contributed by atoms with van der Waals surface area (Å²) in [5.74, 6) is 1.53. The molecule has 4 nitrogen and oxygen atoms in total. The van der Waals surface area contributed by atoms with E-state index in [-0.39, 0.29) is 0 Å². The number of benzene rings is 9. The smallest absolute Gasteiger partial charge is 0.132 e. The van der Waals surface area contributed by atoms with Gasteiger partial charge in [0, 0.05) is 27.1 Å². The van der Waals surface area contributed by atoms with Crippen LogP contribution in [0.3, 0.4) is 0 Å². The topological polar surface area (TPSA) is 58.9 Å². The first-order valence-corrected chi connectivity index (χ1v) is 15.5. The highest BCUT2D eigenvalue weighted by atomic mass is 16.5. The molecule has 9 aromatic rings. The first kappa shape index (κ1) is 26.9. The summed E-state index contributed by atoms with van der Waals surface area (Å²) in [6.07, 6.45) is -1.73. The van der Waals surface area contributed by atoms with Gasteiger partial charge >= 0.3 is 0 Å². The maximum absolute atomic E-state index is 11.7. The number of ether oxygens (including phenoxy) is 2. The lowest BCUT2D eigenvalue weighted by molar-refractivity contribution is 0.213. The van der Waals surface area contributed by atoms with E-state index in [0.29, 0.717) is 11.3 Å². The third-order valence-corrected chi connectivity index (χ3v) is 9.81. The zero-order valence-electron chi connectivity index (χ0n) is 25.4. The highest BCUT2D eigenvalue weighted by Crippen LogP contribution is 2.44. The van der Waals surface area contributed by atoms with Crippen LogP contribution in [0.5, 0.6) is 11.5 Å². The van der Waals surface area contributed by atoms with Crippen LogP contribution in [-0.4, -0.2) is 24.4 Å². The number of hydrogen-bond acceptors (Lipinski definition) is 4. The van der Waals surface area contributed by atoms with Crippen molar-refractivity contribution >= 4 is 64.6 Å². The molecule has 0 aliphatic rings. The third-order valence-electron chi connectivity index (χ3n) is 9.81. The molecule has 2 atom stereocenters. The second kappa shape index (κ2) is 10.0. The monoisotopic (exact) mass is 598 g/mol. The molecule has 0 radical (unpaired) electrons. The molecule has 46 heavy (non-hydrogen) atoms. The Labute approximate surface area is 265 Å². The molecule has 0 fully saturated rings. The molecule has 0 spiro atoms. The summed E-state index contributed by atoms with van der Waals surface area (Å²) in [7, 11) is 3.36. The van der Waals surface area contributed by atoms with Crippen molar-refractivity contribution in [2.24, 2.45) is 0 Å². The van der Waals surface area contributed by atoms with Crippen LogP contribution in [0.25, 0.3) is 64.6 Å². The molecular formula is C42H30O4. The van der Waals surface area contributed by atoms with E-state index in [9.17, 15) is 10.2 Å². The molecule has 9 rings (SSSR count). The Balaban J connectivity index is 1.09. The van der Waals surface area contributed by atoms with Gasteiger partial charge < -0.3 is 19.7 Å². The van der Waals surface area contributed by atoms with Crippen LogP contribution >= 0.6 is 0 Å². The molecule has 0 amide bonds. The SMILES string of the molecule is COc1ccc2ccc3cc(C(O)c4ccc(C(O)c5cc6ccc7cccc8ccc(c5OC)c6c78)cc4)cc4ccc1c2c34. The lowest BCUT2D eigenvalue weighted by Gasteiger charge is -2.21. The summed E-state index contributed by atoms with van der Waals surface area (Å²) >= 11 is 0. The van der Waals surface area contributed by atoms with E-state index in [2.05, 4.69) is 84.9 Å². The largest absolute Gasteiger partial charge is 0.496 e. The molecule has 0 saturated carbocycles. The fourth-order valence-corrected chi connectivity index (χ4v) is 7.62. The highest BCUT2D eigenvalue weighted by Gasteiger charge is 2.22. The standard InChI is InChI=1S/C42H30O4/c1-45-35-19-16-25-7-12-28-20-31(21-29-15-17-32(35)38(25)37(28)29)40(43)26-8-10-27(11-9-26)41(44)34-22-30-13-6-23-4-3-5-24-14-18-33(42(34)46-2)39(30)36(23)24/h3-22,40-41,43-44H,1-2H3. The molecule has 0 aliphatic carbocycles. The van der Waals surface area contributed by atoms with Gasteiger partial charge in [-0.15, -0.1) is 0 Å². The van der Waals surface area contributed by atoms with Gasteiger partial charge in [0.25, 0.3) is 0 Å². The molecule has 2 N–H and O–H groups in total. The average molecular weight is 599 g/mol. The Hall–Kier alpha value is -5.42. The predicted molar refractivity (Wildman–Crippen MR) is 188 cm³/mol. The van der Waals surface area contributed by atoms with Crippen molar-refractivity contribution in [3.05, 3.63) is 144 Å². The molecule has 2 unspecified atom stereocenters. The summed E-state index contributed by atoms with van der Waals surface area (Å²) in [6.45, 7) is 0. The molecule has 0 aliphatic heterocycles. The lowest BCUT2D eigenvalue weighted by Crippen LogP contribution is -2.05. The second-order valence-corrected chi connectivity index (χ2v) is 12.2. The van der Waals surface area contributed by atoms with Gasteiger partial charge in [0.05, 0.1) is 14.2 Å². The van der Waals surface area contributed by atoms with Crippen LogP contribution in [0.15, 0.2) is 121 Å². The van der Waals surface area contributed by atoms with Crippen molar-refractivity contribution < 1.29 is 19.7 Å². The fraction of sp³-hybridized carbons (Fsp3) is 0.0952. The van der Waals surface area contributed by atoms with Gasteiger partial charge in [-0.3, -0.25) is 0 Å². The Bertz CT molecular complexity index is 2550. The van der Waals surface area contributed by atoms with Gasteiger partial charge in [-0.05, 0) is 96.2 Å².